The van der Waals surface area contributed by atoms with Gasteiger partial charge in [-0.05, 0) is 0 Å². The molecule has 0 N–H and O–H groups in total. The lowest BCUT2D eigenvalue weighted by atomic mass is 10.4. The summed E-state index contributed by atoms with van der Waals surface area (Å²) in [5.41, 5.74) is 0.788. The van der Waals surface area contributed by atoms with Gasteiger partial charge in [-0.2, -0.15) is 10.2 Å². The maximum atomic E-state index is 12.0. The van der Waals surface area contributed by atoms with Crippen molar-refractivity contribution in [1.82, 2.24) is 24.5 Å². The summed E-state index contributed by atoms with van der Waals surface area (Å²) in [4.78, 5) is 13.6. The summed E-state index contributed by atoms with van der Waals surface area (Å²) in [5.74, 6) is -0.0861. The fraction of sp³-hybridized carbons (Fsp3) is 0.364. The Bertz CT molecular complexity index is 572. The van der Waals surface area contributed by atoms with Gasteiger partial charge in [0, 0.05) is 20.3 Å². The van der Waals surface area contributed by atoms with E-state index in [2.05, 4.69) is 10.2 Å². The van der Waals surface area contributed by atoms with Crippen LogP contribution in [0.15, 0.2) is 18.6 Å². The fourth-order valence-electron chi connectivity index (χ4n) is 1.61. The van der Waals surface area contributed by atoms with E-state index in [9.17, 15) is 4.79 Å². The van der Waals surface area contributed by atoms with Crippen molar-refractivity contribution in [2.24, 2.45) is 7.05 Å². The minimum absolute atomic E-state index is 0.0861. The molecule has 0 bridgehead atoms. The van der Waals surface area contributed by atoms with Crippen molar-refractivity contribution in [2.75, 3.05) is 7.05 Å². The molecule has 2 heterocycles. The first-order valence-electron chi connectivity index (χ1n) is 5.55. The number of hydrogen-bond donors (Lipinski definition) is 0. The molecule has 0 aliphatic rings. The third-order valence-electron chi connectivity index (χ3n) is 2.72. The summed E-state index contributed by atoms with van der Waals surface area (Å²) < 4.78 is 3.14. The zero-order chi connectivity index (χ0) is 14.0. The third kappa shape index (κ3) is 3.27. The summed E-state index contributed by atoms with van der Waals surface area (Å²) in [6, 6.07) is 0. The molecule has 0 saturated carbocycles. The lowest BCUT2D eigenvalue weighted by molar-refractivity contribution is -0.131. The molecule has 2 aromatic heterocycles. The van der Waals surface area contributed by atoms with Gasteiger partial charge in [0.25, 0.3) is 0 Å². The molecule has 0 radical (unpaired) electrons. The molecule has 0 atom stereocenters. The van der Waals surface area contributed by atoms with E-state index in [0.29, 0.717) is 16.6 Å². The minimum Gasteiger partial charge on any atom is -0.338 e. The molecule has 0 fully saturated rings. The van der Waals surface area contributed by atoms with Crippen LogP contribution in [0.1, 0.15) is 5.69 Å². The van der Waals surface area contributed by atoms with Crippen molar-refractivity contribution < 1.29 is 4.79 Å². The molecule has 6 nitrogen and oxygen atoms in total. The molecule has 102 valence electrons. The number of carbonyl (C=O) groups excluding carboxylic acids is 1. The monoisotopic (exact) mass is 301 g/mol. The van der Waals surface area contributed by atoms with E-state index in [-0.39, 0.29) is 12.5 Å². The van der Waals surface area contributed by atoms with Crippen LogP contribution in [0.25, 0.3) is 0 Å². The number of likely N-dealkylation sites (N-methyl/N-ethyl adjacent to an activating group) is 1. The first kappa shape index (κ1) is 13.9. The van der Waals surface area contributed by atoms with Crippen molar-refractivity contribution in [3.8, 4) is 0 Å². The fourth-order valence-corrected chi connectivity index (χ4v) is 1.99. The number of rotatable bonds is 4. The first-order chi connectivity index (χ1) is 8.97. The van der Waals surface area contributed by atoms with E-state index in [0.717, 1.165) is 5.69 Å². The van der Waals surface area contributed by atoms with Crippen LogP contribution in [0.3, 0.4) is 0 Å². The van der Waals surface area contributed by atoms with E-state index in [4.69, 9.17) is 23.2 Å². The van der Waals surface area contributed by atoms with Gasteiger partial charge in [-0.3, -0.25) is 14.2 Å². The molecule has 0 saturated heterocycles. The van der Waals surface area contributed by atoms with Crippen molar-refractivity contribution in [3.05, 3.63) is 34.3 Å². The second-order valence-electron chi connectivity index (χ2n) is 4.17. The van der Waals surface area contributed by atoms with E-state index < -0.39 is 0 Å². The highest BCUT2D eigenvalue weighted by Gasteiger charge is 2.14. The standard InChI is InChI=1S/C11H13Cl2N5O/c1-16(6-10-9(13)4-14-17(10)2)11(19)7-18-5-8(12)3-15-18/h3-5H,6-7H2,1-2H3. The van der Waals surface area contributed by atoms with E-state index in [1.165, 1.54) is 10.9 Å². The van der Waals surface area contributed by atoms with Crippen LogP contribution in [0.5, 0.6) is 0 Å². The predicted molar refractivity (Wildman–Crippen MR) is 71.9 cm³/mol. The Morgan fingerprint density at radius 1 is 1.37 bits per heavy atom. The minimum atomic E-state index is -0.0861. The first-order valence-corrected chi connectivity index (χ1v) is 6.31. The maximum absolute atomic E-state index is 12.0. The Labute approximate surface area is 120 Å². The molecule has 0 spiro atoms. The highest BCUT2D eigenvalue weighted by molar-refractivity contribution is 6.31. The zero-order valence-electron chi connectivity index (χ0n) is 10.5. The summed E-state index contributed by atoms with van der Waals surface area (Å²) in [5, 5.41) is 9.04. The number of carbonyl (C=O) groups is 1. The summed E-state index contributed by atoms with van der Waals surface area (Å²) >= 11 is 11.7. The normalized spacial score (nSPS) is 10.7. The number of nitrogens with zero attached hydrogens (tertiary/aromatic N) is 5. The molecule has 0 aliphatic heterocycles. The SMILES string of the molecule is CN(Cc1c(Cl)cnn1C)C(=O)Cn1cc(Cl)cn1. The molecule has 0 aromatic carbocycles. The van der Waals surface area contributed by atoms with Crippen molar-refractivity contribution >= 4 is 29.1 Å². The molecule has 1 amide bonds. The van der Waals surface area contributed by atoms with Gasteiger partial charge in [0.15, 0.2) is 0 Å². The Morgan fingerprint density at radius 2 is 2.11 bits per heavy atom. The highest BCUT2D eigenvalue weighted by atomic mass is 35.5. The van der Waals surface area contributed by atoms with Gasteiger partial charge in [0.2, 0.25) is 5.91 Å². The highest BCUT2D eigenvalue weighted by Crippen LogP contribution is 2.15. The number of aryl methyl sites for hydroxylation is 1. The van der Waals surface area contributed by atoms with Gasteiger partial charge in [-0.25, -0.2) is 0 Å². The molecule has 2 aromatic rings. The lowest BCUT2D eigenvalue weighted by Gasteiger charge is -2.17. The zero-order valence-corrected chi connectivity index (χ0v) is 12.1. The molecular formula is C11H13Cl2N5O. The Kier molecular flexibility index (Phi) is 4.11. The van der Waals surface area contributed by atoms with E-state index in [1.807, 2.05) is 0 Å². The van der Waals surface area contributed by atoms with Crippen LogP contribution >= 0.6 is 23.2 Å². The molecule has 2 rings (SSSR count). The van der Waals surface area contributed by atoms with Crippen molar-refractivity contribution in [3.63, 3.8) is 0 Å². The van der Waals surface area contributed by atoms with Gasteiger partial charge in [0.05, 0.1) is 34.7 Å². The Balaban J connectivity index is 2.00. The van der Waals surface area contributed by atoms with Crippen LogP contribution in [0.2, 0.25) is 10.0 Å². The number of amides is 1. The van der Waals surface area contributed by atoms with Crippen LogP contribution in [-0.4, -0.2) is 37.4 Å². The summed E-state index contributed by atoms with van der Waals surface area (Å²) in [6.07, 6.45) is 4.65. The topological polar surface area (TPSA) is 56.0 Å². The smallest absolute Gasteiger partial charge is 0.244 e. The average molecular weight is 302 g/mol. The van der Waals surface area contributed by atoms with Gasteiger partial charge in [0.1, 0.15) is 6.54 Å². The van der Waals surface area contributed by atoms with Gasteiger partial charge >= 0.3 is 0 Å². The van der Waals surface area contributed by atoms with Gasteiger partial charge in [-0.15, -0.1) is 0 Å². The Morgan fingerprint density at radius 3 is 2.63 bits per heavy atom. The van der Waals surface area contributed by atoms with Crippen LogP contribution < -0.4 is 0 Å². The van der Waals surface area contributed by atoms with Gasteiger partial charge in [-0.1, -0.05) is 23.2 Å². The van der Waals surface area contributed by atoms with Crippen LogP contribution in [0.4, 0.5) is 0 Å². The molecule has 0 unspecified atom stereocenters. The second kappa shape index (κ2) is 5.63. The van der Waals surface area contributed by atoms with Gasteiger partial charge < -0.3 is 4.90 Å². The largest absolute Gasteiger partial charge is 0.338 e. The summed E-state index contributed by atoms with van der Waals surface area (Å²) in [6.45, 7) is 0.530. The van der Waals surface area contributed by atoms with E-state index in [1.54, 1.807) is 36.1 Å². The van der Waals surface area contributed by atoms with Crippen LogP contribution in [-0.2, 0) is 24.9 Å². The number of hydrogen-bond acceptors (Lipinski definition) is 3. The number of aromatic nitrogens is 4. The molecule has 0 aliphatic carbocycles. The number of halogens is 2. The summed E-state index contributed by atoms with van der Waals surface area (Å²) in [7, 11) is 3.49. The quantitative estimate of drug-likeness (QED) is 0.861. The molecule has 19 heavy (non-hydrogen) atoms. The van der Waals surface area contributed by atoms with Crippen molar-refractivity contribution in [1.29, 1.82) is 0 Å². The predicted octanol–water partition coefficient (Wildman–Crippen LogP) is 1.58. The second-order valence-corrected chi connectivity index (χ2v) is 5.01. The van der Waals surface area contributed by atoms with Crippen molar-refractivity contribution in [2.45, 2.75) is 13.1 Å². The average Bonchev–Trinajstić information content (AvgIpc) is 2.89. The molecule has 8 heteroatoms. The Hall–Kier alpha value is -1.53. The lowest BCUT2D eigenvalue weighted by Crippen LogP contribution is -2.30. The maximum Gasteiger partial charge on any atom is 0.244 e. The molecular weight excluding hydrogens is 289 g/mol. The van der Waals surface area contributed by atoms with Crippen LogP contribution in [0, 0.1) is 0 Å². The van der Waals surface area contributed by atoms with E-state index >= 15 is 0 Å². The third-order valence-corrected chi connectivity index (χ3v) is 3.23.